The number of hydrogen-bond acceptors (Lipinski definition) is 2. The van der Waals surface area contributed by atoms with E-state index in [2.05, 4.69) is 10.1 Å². The number of hydrogen-bond donors (Lipinski definition) is 1. The Hall–Kier alpha value is -1.21. The van der Waals surface area contributed by atoms with Crippen LogP contribution in [0.15, 0.2) is 18.2 Å². The fourth-order valence-corrected chi connectivity index (χ4v) is 1.75. The standard InChI is InChI=1S/C13H16F5NO/c1-2-19-11(7-20-8-13(16,17)18)5-9-3-4-10(14)6-12(9)15/h3-4,6,11,19H,2,5,7-8H2,1H3. The van der Waals surface area contributed by atoms with Gasteiger partial charge in [-0.1, -0.05) is 13.0 Å². The maximum Gasteiger partial charge on any atom is 0.411 e. The van der Waals surface area contributed by atoms with Crippen LogP contribution < -0.4 is 5.32 Å². The minimum Gasteiger partial charge on any atom is -0.370 e. The van der Waals surface area contributed by atoms with Crippen molar-refractivity contribution in [3.8, 4) is 0 Å². The van der Waals surface area contributed by atoms with Crippen molar-refractivity contribution in [2.45, 2.75) is 25.6 Å². The summed E-state index contributed by atoms with van der Waals surface area (Å²) in [5, 5.41) is 2.91. The van der Waals surface area contributed by atoms with E-state index in [4.69, 9.17) is 0 Å². The monoisotopic (exact) mass is 297 g/mol. The van der Waals surface area contributed by atoms with Crippen molar-refractivity contribution in [2.75, 3.05) is 19.8 Å². The zero-order valence-electron chi connectivity index (χ0n) is 10.9. The summed E-state index contributed by atoms with van der Waals surface area (Å²) in [6.45, 7) is 0.728. The normalized spacial score (nSPS) is 13.5. The SMILES string of the molecule is CCNC(COCC(F)(F)F)Cc1ccc(F)cc1F. The molecule has 2 nitrogen and oxygen atoms in total. The fourth-order valence-electron chi connectivity index (χ4n) is 1.75. The predicted molar refractivity (Wildman–Crippen MR) is 64.4 cm³/mol. The van der Waals surface area contributed by atoms with Crippen LogP contribution in [0.1, 0.15) is 12.5 Å². The quantitative estimate of drug-likeness (QED) is 0.781. The Morgan fingerprint density at radius 3 is 2.50 bits per heavy atom. The number of rotatable bonds is 7. The van der Waals surface area contributed by atoms with E-state index in [0.717, 1.165) is 12.1 Å². The number of benzene rings is 1. The molecule has 1 aromatic carbocycles. The van der Waals surface area contributed by atoms with E-state index in [0.29, 0.717) is 6.54 Å². The fraction of sp³-hybridized carbons (Fsp3) is 0.538. The minimum atomic E-state index is -4.39. The molecule has 1 unspecified atom stereocenters. The molecular weight excluding hydrogens is 281 g/mol. The lowest BCUT2D eigenvalue weighted by Crippen LogP contribution is -2.36. The van der Waals surface area contributed by atoms with Gasteiger partial charge in [0, 0.05) is 12.1 Å². The van der Waals surface area contributed by atoms with Gasteiger partial charge in [0.05, 0.1) is 6.61 Å². The molecule has 0 spiro atoms. The van der Waals surface area contributed by atoms with Gasteiger partial charge in [0.15, 0.2) is 0 Å². The maximum atomic E-state index is 13.5. The van der Waals surface area contributed by atoms with Crippen LogP contribution in [0, 0.1) is 11.6 Å². The van der Waals surface area contributed by atoms with Crippen LogP contribution in [0.4, 0.5) is 22.0 Å². The summed E-state index contributed by atoms with van der Waals surface area (Å²) in [6.07, 6.45) is -4.27. The molecule has 1 rings (SSSR count). The topological polar surface area (TPSA) is 21.3 Å². The zero-order chi connectivity index (χ0) is 15.2. The summed E-state index contributed by atoms with van der Waals surface area (Å²) >= 11 is 0. The van der Waals surface area contributed by atoms with Gasteiger partial charge in [-0.05, 0) is 24.6 Å². The summed E-state index contributed by atoms with van der Waals surface area (Å²) in [6, 6.07) is 2.66. The first-order chi connectivity index (χ1) is 9.31. The molecule has 0 fully saturated rings. The van der Waals surface area contributed by atoms with E-state index in [-0.39, 0.29) is 18.6 Å². The molecule has 0 bridgehead atoms. The van der Waals surface area contributed by atoms with Gasteiger partial charge in [-0.2, -0.15) is 13.2 Å². The molecule has 20 heavy (non-hydrogen) atoms. The number of ether oxygens (including phenoxy) is 1. The van der Waals surface area contributed by atoms with Crippen LogP contribution in [-0.4, -0.2) is 32.0 Å². The highest BCUT2D eigenvalue weighted by molar-refractivity contribution is 5.19. The van der Waals surface area contributed by atoms with E-state index in [1.54, 1.807) is 6.92 Å². The molecule has 0 saturated heterocycles. The van der Waals surface area contributed by atoms with Crippen molar-refractivity contribution < 1.29 is 26.7 Å². The molecule has 1 atom stereocenters. The molecule has 0 aromatic heterocycles. The summed E-state index contributed by atoms with van der Waals surface area (Å²) in [4.78, 5) is 0. The number of alkyl halides is 3. The second-order valence-corrected chi connectivity index (χ2v) is 4.32. The molecule has 0 aliphatic heterocycles. The lowest BCUT2D eigenvalue weighted by molar-refractivity contribution is -0.175. The van der Waals surface area contributed by atoms with Crippen LogP contribution in [-0.2, 0) is 11.2 Å². The number of halogens is 5. The molecule has 0 radical (unpaired) electrons. The lowest BCUT2D eigenvalue weighted by Gasteiger charge is -2.19. The van der Waals surface area contributed by atoms with Gasteiger partial charge in [-0.15, -0.1) is 0 Å². The summed E-state index contributed by atoms with van der Waals surface area (Å²) in [5.74, 6) is -1.41. The molecule has 0 saturated carbocycles. The second-order valence-electron chi connectivity index (χ2n) is 4.32. The van der Waals surface area contributed by atoms with Crippen LogP contribution >= 0.6 is 0 Å². The highest BCUT2D eigenvalue weighted by Crippen LogP contribution is 2.15. The largest absolute Gasteiger partial charge is 0.411 e. The molecule has 1 N–H and O–H groups in total. The van der Waals surface area contributed by atoms with Crippen molar-refractivity contribution in [2.24, 2.45) is 0 Å². The highest BCUT2D eigenvalue weighted by atomic mass is 19.4. The van der Waals surface area contributed by atoms with E-state index in [9.17, 15) is 22.0 Å². The van der Waals surface area contributed by atoms with Crippen molar-refractivity contribution in [1.29, 1.82) is 0 Å². The smallest absolute Gasteiger partial charge is 0.370 e. The van der Waals surface area contributed by atoms with Crippen LogP contribution in [0.2, 0.25) is 0 Å². The maximum absolute atomic E-state index is 13.5. The van der Waals surface area contributed by atoms with Crippen molar-refractivity contribution in [3.05, 3.63) is 35.4 Å². The lowest BCUT2D eigenvalue weighted by atomic mass is 10.1. The first-order valence-electron chi connectivity index (χ1n) is 6.13. The minimum absolute atomic E-state index is 0.123. The Labute approximate surface area is 113 Å². The van der Waals surface area contributed by atoms with Gasteiger partial charge < -0.3 is 10.1 Å². The molecule has 1 aromatic rings. The Balaban J connectivity index is 2.57. The molecule has 7 heteroatoms. The second kappa shape index (κ2) is 7.54. The third kappa shape index (κ3) is 6.29. The number of nitrogens with one attached hydrogen (secondary N) is 1. The van der Waals surface area contributed by atoms with Gasteiger partial charge in [0.2, 0.25) is 0 Å². The van der Waals surface area contributed by atoms with E-state index >= 15 is 0 Å². The first-order valence-corrected chi connectivity index (χ1v) is 6.13. The Morgan fingerprint density at radius 1 is 1.25 bits per heavy atom. The molecular formula is C13H16F5NO. The average Bonchev–Trinajstić information content (AvgIpc) is 2.31. The van der Waals surface area contributed by atoms with Crippen molar-refractivity contribution in [1.82, 2.24) is 5.32 Å². The van der Waals surface area contributed by atoms with E-state index in [1.165, 1.54) is 6.07 Å². The first kappa shape index (κ1) is 16.8. The molecule has 0 heterocycles. The van der Waals surface area contributed by atoms with Crippen LogP contribution in [0.25, 0.3) is 0 Å². The summed E-state index contributed by atoms with van der Waals surface area (Å²) in [5.41, 5.74) is 0.230. The zero-order valence-corrected chi connectivity index (χ0v) is 10.9. The van der Waals surface area contributed by atoms with E-state index in [1.807, 2.05) is 0 Å². The van der Waals surface area contributed by atoms with Crippen LogP contribution in [0.5, 0.6) is 0 Å². The van der Waals surface area contributed by atoms with Gasteiger partial charge in [0.1, 0.15) is 18.2 Å². The summed E-state index contributed by atoms with van der Waals surface area (Å²) < 4.78 is 66.7. The third-order valence-electron chi connectivity index (χ3n) is 2.56. The van der Waals surface area contributed by atoms with Gasteiger partial charge in [0.25, 0.3) is 0 Å². The third-order valence-corrected chi connectivity index (χ3v) is 2.56. The van der Waals surface area contributed by atoms with Crippen molar-refractivity contribution >= 4 is 0 Å². The Kier molecular flexibility index (Phi) is 6.35. The van der Waals surface area contributed by atoms with E-state index < -0.39 is 30.5 Å². The predicted octanol–water partition coefficient (Wildman–Crippen LogP) is 3.06. The highest BCUT2D eigenvalue weighted by Gasteiger charge is 2.28. The van der Waals surface area contributed by atoms with Gasteiger partial charge in [-0.3, -0.25) is 0 Å². The molecule has 0 aliphatic rings. The van der Waals surface area contributed by atoms with Crippen LogP contribution in [0.3, 0.4) is 0 Å². The molecule has 114 valence electrons. The molecule has 0 aliphatic carbocycles. The Bertz CT molecular complexity index is 422. The van der Waals surface area contributed by atoms with Gasteiger partial charge in [-0.25, -0.2) is 8.78 Å². The number of likely N-dealkylation sites (N-methyl/N-ethyl adjacent to an activating group) is 1. The Morgan fingerprint density at radius 2 is 1.95 bits per heavy atom. The van der Waals surface area contributed by atoms with Gasteiger partial charge >= 0.3 is 6.18 Å². The van der Waals surface area contributed by atoms with Crippen molar-refractivity contribution in [3.63, 3.8) is 0 Å². The summed E-state index contributed by atoms with van der Waals surface area (Å²) in [7, 11) is 0. The average molecular weight is 297 g/mol. The molecule has 0 amide bonds.